The fourth-order valence-corrected chi connectivity index (χ4v) is 8.19. The lowest BCUT2D eigenvalue weighted by Crippen LogP contribution is -2.60. The third kappa shape index (κ3) is 8.28. The van der Waals surface area contributed by atoms with Gasteiger partial charge in [0.1, 0.15) is 30.8 Å². The maximum absolute atomic E-state index is 12.2. The van der Waals surface area contributed by atoms with Gasteiger partial charge >= 0.3 is 23.9 Å². The highest BCUT2D eigenvalue weighted by molar-refractivity contribution is 5.68. The summed E-state index contributed by atoms with van der Waals surface area (Å²) in [5.74, 6) is -0.511. The minimum absolute atomic E-state index is 0.0231. The van der Waals surface area contributed by atoms with Gasteiger partial charge in [0.15, 0.2) is 24.5 Å². The Balaban J connectivity index is 1.33. The van der Waals surface area contributed by atoms with Gasteiger partial charge in [0.2, 0.25) is 0 Å². The summed E-state index contributed by atoms with van der Waals surface area (Å²) < 4.78 is 35.3. The van der Waals surface area contributed by atoms with Crippen LogP contribution in [0.1, 0.15) is 103 Å². The van der Waals surface area contributed by atoms with Crippen LogP contribution in [-0.2, 0) is 55.9 Å². The van der Waals surface area contributed by atoms with E-state index < -0.39 is 54.5 Å². The first-order valence-electron chi connectivity index (χ1n) is 17.4. The number of aryl methyl sites for hydroxylation is 1. The zero-order valence-corrected chi connectivity index (χ0v) is 29.7. The summed E-state index contributed by atoms with van der Waals surface area (Å²) in [6.45, 7) is 9.15. The van der Waals surface area contributed by atoms with E-state index in [1.165, 1.54) is 29.7 Å². The molecule has 9 atom stereocenters. The average molecular weight is 700 g/mol. The predicted octanol–water partition coefficient (Wildman–Crippen LogP) is 3.97. The molecule has 0 unspecified atom stereocenters. The van der Waals surface area contributed by atoms with Gasteiger partial charge in [-0.2, -0.15) is 0 Å². The third-order valence-corrected chi connectivity index (χ3v) is 10.3. The second kappa shape index (κ2) is 15.9. The first-order valence-corrected chi connectivity index (χ1v) is 17.4. The second-order valence-electron chi connectivity index (χ2n) is 14.0. The van der Waals surface area contributed by atoms with Gasteiger partial charge in [0.05, 0.1) is 6.20 Å². The van der Waals surface area contributed by atoms with E-state index in [1.54, 1.807) is 6.20 Å². The Labute approximate surface area is 292 Å². The third-order valence-electron chi connectivity index (χ3n) is 10.3. The molecule has 50 heavy (non-hydrogen) atoms. The summed E-state index contributed by atoms with van der Waals surface area (Å²) in [5.41, 5.74) is 3.08. The second-order valence-corrected chi connectivity index (χ2v) is 14.0. The zero-order valence-electron chi connectivity index (χ0n) is 29.7. The van der Waals surface area contributed by atoms with Crippen LogP contribution in [0.3, 0.4) is 0 Å². The van der Waals surface area contributed by atoms with Gasteiger partial charge < -0.3 is 33.5 Å². The topological polar surface area (TPSA) is 175 Å². The molecule has 5 rings (SSSR count). The molecule has 1 aliphatic heterocycles. The molecule has 2 aliphatic carbocycles. The largest absolute Gasteiger partial charge is 0.487 e. The monoisotopic (exact) mass is 699 g/mol. The summed E-state index contributed by atoms with van der Waals surface area (Å²) >= 11 is 0. The van der Waals surface area contributed by atoms with Crippen molar-refractivity contribution in [2.45, 2.75) is 123 Å². The number of nitrogens with zero attached hydrogens (tertiary/aromatic N) is 3. The molecule has 2 heterocycles. The van der Waals surface area contributed by atoms with E-state index in [0.29, 0.717) is 29.2 Å². The number of rotatable bonds is 12. The lowest BCUT2D eigenvalue weighted by Gasteiger charge is -2.51. The number of fused-ring (bicyclic) bond motifs is 3. The maximum Gasteiger partial charge on any atom is 0.303 e. The number of ether oxygens (including phenoxy) is 6. The summed E-state index contributed by atoms with van der Waals surface area (Å²) in [5, 5.41) is 18.7. The fraction of sp³-hybridized carbons (Fsp3) is 0.667. The van der Waals surface area contributed by atoms with Crippen molar-refractivity contribution in [3.05, 3.63) is 41.2 Å². The van der Waals surface area contributed by atoms with Crippen molar-refractivity contribution in [3.63, 3.8) is 0 Å². The molecule has 14 heteroatoms. The summed E-state index contributed by atoms with van der Waals surface area (Å²) in [7, 11) is 0. The minimum Gasteiger partial charge on any atom is -0.487 e. The molecule has 1 aromatic heterocycles. The summed E-state index contributed by atoms with van der Waals surface area (Å²) in [6.07, 6.45) is 1.72. The smallest absolute Gasteiger partial charge is 0.303 e. The van der Waals surface area contributed by atoms with Crippen LogP contribution < -0.4 is 4.74 Å². The van der Waals surface area contributed by atoms with Gasteiger partial charge in [-0.3, -0.25) is 19.2 Å². The molecular weight excluding hydrogens is 650 g/mol. The summed E-state index contributed by atoms with van der Waals surface area (Å²) in [4.78, 5) is 48.1. The van der Waals surface area contributed by atoms with Crippen molar-refractivity contribution in [1.29, 1.82) is 0 Å². The molecule has 0 spiro atoms. The van der Waals surface area contributed by atoms with Crippen molar-refractivity contribution in [2.24, 2.45) is 17.3 Å². The van der Waals surface area contributed by atoms with Gasteiger partial charge in [0, 0.05) is 34.3 Å². The number of esters is 4. The molecule has 14 nitrogen and oxygen atoms in total. The van der Waals surface area contributed by atoms with E-state index in [-0.39, 0.29) is 25.2 Å². The van der Waals surface area contributed by atoms with E-state index >= 15 is 0 Å². The van der Waals surface area contributed by atoms with Gasteiger partial charge in [-0.15, -0.1) is 5.10 Å². The van der Waals surface area contributed by atoms with E-state index in [1.807, 2.05) is 6.07 Å². The molecule has 1 saturated carbocycles. The standard InChI is InChI=1S/C36H49N3O11/c1-7-8-30-29-11-9-24-15-26(10-12-27(24)28(29)13-14-36(30,6)19-40)46-17-25-16-39(38-37-25)35-34(49-23(5)44)33(48-22(4)43)32(47-21(3)42)31(50-35)18-45-20(2)41/h10,12,15-16,28-35,40H,7-9,11,13-14,17-19H2,1-6H3/t28-,29-,30+,31-,32+,33+,34-,35-,36-/m1/s1. The number of aliphatic hydroxyl groups is 1. The molecule has 0 radical (unpaired) electrons. The van der Waals surface area contributed by atoms with Gasteiger partial charge in [-0.25, -0.2) is 4.68 Å². The van der Waals surface area contributed by atoms with Crippen molar-refractivity contribution in [1.82, 2.24) is 15.0 Å². The predicted molar refractivity (Wildman–Crippen MR) is 175 cm³/mol. The van der Waals surface area contributed by atoms with Crippen LogP contribution in [0.15, 0.2) is 24.4 Å². The maximum atomic E-state index is 12.2. The number of aliphatic hydroxyl groups excluding tert-OH is 1. The van der Waals surface area contributed by atoms with Crippen LogP contribution in [0.5, 0.6) is 5.75 Å². The van der Waals surface area contributed by atoms with Crippen LogP contribution in [0.25, 0.3) is 0 Å². The Morgan fingerprint density at radius 1 is 0.980 bits per heavy atom. The van der Waals surface area contributed by atoms with Crippen LogP contribution in [0, 0.1) is 17.3 Å². The first-order chi connectivity index (χ1) is 23.8. The van der Waals surface area contributed by atoms with Crippen molar-refractivity contribution < 1.29 is 52.7 Å². The fourth-order valence-electron chi connectivity index (χ4n) is 8.19. The van der Waals surface area contributed by atoms with E-state index in [2.05, 4.69) is 36.3 Å². The molecule has 1 aromatic carbocycles. The Morgan fingerprint density at radius 3 is 2.34 bits per heavy atom. The Kier molecular flexibility index (Phi) is 11.8. The van der Waals surface area contributed by atoms with Gasteiger partial charge in [-0.05, 0) is 78.5 Å². The zero-order chi connectivity index (χ0) is 36.2. The molecule has 2 aromatic rings. The molecule has 274 valence electrons. The lowest BCUT2D eigenvalue weighted by molar-refractivity contribution is -0.270. The lowest BCUT2D eigenvalue weighted by atomic mass is 9.54. The molecule has 2 fully saturated rings. The quantitative estimate of drug-likeness (QED) is 0.249. The van der Waals surface area contributed by atoms with Crippen molar-refractivity contribution in [2.75, 3.05) is 13.2 Å². The van der Waals surface area contributed by atoms with Gasteiger partial charge in [0.25, 0.3) is 0 Å². The molecule has 0 amide bonds. The molecule has 1 N–H and O–H groups in total. The minimum atomic E-state index is -1.32. The van der Waals surface area contributed by atoms with E-state index in [4.69, 9.17) is 28.4 Å². The number of aromatic nitrogens is 3. The molecular formula is C36H49N3O11. The summed E-state index contributed by atoms with van der Waals surface area (Å²) in [6, 6.07) is 6.27. The SMILES string of the molecule is CCC[C@H]1[C@@H]2CCc3cc(OCc4cn([C@@H]5O[C@H](COC(C)=O)[C@H](OC(C)=O)[C@H](OC(C)=O)[C@H]5OC(C)=O)nn4)ccc3[C@H]2CC[C@]1(C)CO. The number of carbonyl (C=O) groups is 4. The average Bonchev–Trinajstić information content (AvgIpc) is 3.54. The molecule has 1 saturated heterocycles. The number of carbonyl (C=O) groups excluding carboxylic acids is 4. The van der Waals surface area contributed by atoms with Crippen LogP contribution in [0.2, 0.25) is 0 Å². The van der Waals surface area contributed by atoms with E-state index in [9.17, 15) is 24.3 Å². The highest BCUT2D eigenvalue weighted by atomic mass is 16.7. The Hall–Kier alpha value is -4.04. The van der Waals surface area contributed by atoms with Crippen LogP contribution in [-0.4, -0.2) is 81.6 Å². The van der Waals surface area contributed by atoms with Gasteiger partial charge in [-0.1, -0.05) is 31.5 Å². The van der Waals surface area contributed by atoms with E-state index in [0.717, 1.165) is 52.4 Å². The highest BCUT2D eigenvalue weighted by Crippen LogP contribution is 2.56. The number of hydrogen-bond acceptors (Lipinski definition) is 13. The molecule has 0 bridgehead atoms. The normalized spacial score (nSPS) is 30.3. The number of benzene rings is 1. The van der Waals surface area contributed by atoms with Crippen molar-refractivity contribution in [3.8, 4) is 5.75 Å². The Morgan fingerprint density at radius 2 is 1.68 bits per heavy atom. The van der Waals surface area contributed by atoms with Crippen molar-refractivity contribution >= 4 is 23.9 Å². The Bertz CT molecular complexity index is 1540. The highest BCUT2D eigenvalue weighted by Gasteiger charge is 2.53. The van der Waals surface area contributed by atoms with Crippen LogP contribution >= 0.6 is 0 Å². The molecule has 3 aliphatic rings. The van der Waals surface area contributed by atoms with Crippen LogP contribution in [0.4, 0.5) is 0 Å². The first kappa shape index (κ1) is 37.2. The number of hydrogen-bond donors (Lipinski definition) is 1.